The third-order valence-corrected chi connectivity index (χ3v) is 5.44. The topological polar surface area (TPSA) is 116 Å². The van der Waals surface area contributed by atoms with Gasteiger partial charge in [0.25, 0.3) is 5.69 Å². The van der Waals surface area contributed by atoms with E-state index in [4.69, 9.17) is 9.88 Å². The molecule has 0 aromatic heterocycles. The Morgan fingerprint density at radius 2 is 1.90 bits per heavy atom. The predicted molar refractivity (Wildman–Crippen MR) is 96.8 cm³/mol. The Bertz CT molecular complexity index is 1040. The highest BCUT2D eigenvalue weighted by molar-refractivity contribution is 7.89. The van der Waals surface area contributed by atoms with Gasteiger partial charge in [0.15, 0.2) is 0 Å². The number of hydrogen-bond acceptors (Lipinski definition) is 6. The maximum atomic E-state index is 13.3. The number of nitrogens with zero attached hydrogens (tertiary/aromatic N) is 2. The number of morpholine rings is 1. The minimum atomic E-state index is -4.60. The van der Waals surface area contributed by atoms with Crippen molar-refractivity contribution in [3.63, 3.8) is 0 Å². The number of ether oxygens (including phenoxy) is 1. The third-order valence-electron chi connectivity index (χ3n) is 4.48. The summed E-state index contributed by atoms with van der Waals surface area (Å²) in [7, 11) is -4.22. The second-order valence-corrected chi connectivity index (χ2v) is 7.87. The van der Waals surface area contributed by atoms with Gasteiger partial charge in [0.1, 0.15) is 11.0 Å². The van der Waals surface area contributed by atoms with Gasteiger partial charge in [0.2, 0.25) is 10.0 Å². The van der Waals surface area contributed by atoms with Crippen molar-refractivity contribution in [1.29, 1.82) is 0 Å². The summed E-state index contributed by atoms with van der Waals surface area (Å²) < 4.78 is 69.4. The van der Waals surface area contributed by atoms with Gasteiger partial charge >= 0.3 is 6.18 Å². The van der Waals surface area contributed by atoms with Crippen LogP contribution in [0.4, 0.5) is 24.5 Å². The van der Waals surface area contributed by atoms with Crippen LogP contribution in [-0.2, 0) is 20.9 Å². The fourth-order valence-corrected chi connectivity index (χ4v) is 3.94. The Balaban J connectivity index is 2.03. The second kappa shape index (κ2) is 7.61. The zero-order valence-corrected chi connectivity index (χ0v) is 15.6. The Kier molecular flexibility index (Phi) is 5.52. The summed E-state index contributed by atoms with van der Waals surface area (Å²) in [6.45, 7) is -0.0330. The Hall–Kier alpha value is -2.70. The number of benzene rings is 2. The molecular formula is C17H16F3N3O5S. The smallest absolute Gasteiger partial charge is 0.370 e. The Morgan fingerprint density at radius 1 is 1.21 bits per heavy atom. The lowest BCUT2D eigenvalue weighted by molar-refractivity contribution is -0.384. The SMILES string of the molecule is NS(=O)(=O)c1ccc([N+](=O)[O-])cc1N1CCOC(c2ccccc2C(F)(F)F)C1. The number of non-ortho nitro benzene ring substituents is 1. The molecule has 1 unspecified atom stereocenters. The van der Waals surface area contributed by atoms with Crippen molar-refractivity contribution in [2.75, 3.05) is 24.6 Å². The molecule has 0 spiro atoms. The van der Waals surface area contributed by atoms with Gasteiger partial charge in [-0.05, 0) is 17.7 Å². The quantitative estimate of drug-likeness (QED) is 0.588. The molecule has 1 aliphatic heterocycles. The number of nitro benzene ring substituents is 1. The largest absolute Gasteiger partial charge is 0.416 e. The van der Waals surface area contributed by atoms with E-state index in [-0.39, 0.29) is 41.5 Å². The van der Waals surface area contributed by atoms with E-state index in [1.165, 1.54) is 23.1 Å². The van der Waals surface area contributed by atoms with Crippen molar-refractivity contribution in [2.24, 2.45) is 5.14 Å². The average Bonchev–Trinajstić information content (AvgIpc) is 2.66. The molecule has 156 valence electrons. The summed E-state index contributed by atoms with van der Waals surface area (Å²) in [5.41, 5.74) is -1.39. The van der Waals surface area contributed by atoms with Crippen molar-refractivity contribution in [1.82, 2.24) is 0 Å². The van der Waals surface area contributed by atoms with Crippen LogP contribution in [0.3, 0.4) is 0 Å². The molecule has 0 aliphatic carbocycles. The number of sulfonamides is 1. The first-order valence-corrected chi connectivity index (χ1v) is 9.87. The predicted octanol–water partition coefficient (Wildman–Crippen LogP) is 2.84. The van der Waals surface area contributed by atoms with E-state index in [9.17, 15) is 31.7 Å². The number of halogens is 3. The van der Waals surface area contributed by atoms with Gasteiger partial charge < -0.3 is 9.64 Å². The standard InChI is InChI=1S/C17H16F3N3O5S/c18-17(19,20)13-4-2-1-3-12(13)15-10-22(7-8-28-15)14-9-11(23(24)25)5-6-16(14)29(21,26)27/h1-6,9,15H,7-8,10H2,(H2,21,26,27). The fourth-order valence-electron chi connectivity index (χ4n) is 3.20. The maximum Gasteiger partial charge on any atom is 0.416 e. The summed E-state index contributed by atoms with van der Waals surface area (Å²) in [4.78, 5) is 11.5. The highest BCUT2D eigenvalue weighted by Gasteiger charge is 2.37. The van der Waals surface area contributed by atoms with Crippen LogP contribution in [0.15, 0.2) is 47.4 Å². The third kappa shape index (κ3) is 4.49. The van der Waals surface area contributed by atoms with E-state index < -0.39 is 32.8 Å². The van der Waals surface area contributed by atoms with Crippen LogP contribution in [0.2, 0.25) is 0 Å². The molecule has 1 saturated heterocycles. The van der Waals surface area contributed by atoms with Crippen LogP contribution >= 0.6 is 0 Å². The van der Waals surface area contributed by atoms with E-state index in [0.717, 1.165) is 24.3 Å². The van der Waals surface area contributed by atoms with Crippen molar-refractivity contribution < 1.29 is 31.2 Å². The highest BCUT2D eigenvalue weighted by atomic mass is 32.2. The summed E-state index contributed by atoms with van der Waals surface area (Å²) >= 11 is 0. The van der Waals surface area contributed by atoms with E-state index in [2.05, 4.69) is 0 Å². The van der Waals surface area contributed by atoms with Gasteiger partial charge in [-0.2, -0.15) is 13.2 Å². The Labute approximate surface area is 163 Å². The molecular weight excluding hydrogens is 415 g/mol. The highest BCUT2D eigenvalue weighted by Crippen LogP contribution is 2.38. The number of hydrogen-bond donors (Lipinski definition) is 1. The van der Waals surface area contributed by atoms with Crippen molar-refractivity contribution in [3.8, 4) is 0 Å². The van der Waals surface area contributed by atoms with Crippen LogP contribution < -0.4 is 10.0 Å². The molecule has 1 atom stereocenters. The van der Waals surface area contributed by atoms with Gasteiger partial charge in [0.05, 0.1) is 22.8 Å². The molecule has 1 fully saturated rings. The van der Waals surface area contributed by atoms with Crippen LogP contribution in [-0.4, -0.2) is 33.0 Å². The molecule has 1 aliphatic rings. The lowest BCUT2D eigenvalue weighted by Crippen LogP contribution is -2.40. The lowest BCUT2D eigenvalue weighted by Gasteiger charge is -2.36. The maximum absolute atomic E-state index is 13.3. The van der Waals surface area contributed by atoms with Crippen LogP contribution in [0.5, 0.6) is 0 Å². The summed E-state index contributed by atoms with van der Waals surface area (Å²) in [6, 6.07) is 7.96. The molecule has 2 aromatic carbocycles. The first-order valence-electron chi connectivity index (χ1n) is 8.32. The minimum Gasteiger partial charge on any atom is -0.370 e. The summed E-state index contributed by atoms with van der Waals surface area (Å²) in [6.07, 6.45) is -5.62. The monoisotopic (exact) mass is 431 g/mol. The normalized spacial score (nSPS) is 17.9. The number of nitro groups is 1. The summed E-state index contributed by atoms with van der Waals surface area (Å²) in [5.74, 6) is 0. The van der Waals surface area contributed by atoms with Gasteiger partial charge in [-0.3, -0.25) is 10.1 Å². The van der Waals surface area contributed by atoms with E-state index in [1.54, 1.807) is 0 Å². The van der Waals surface area contributed by atoms with E-state index in [1.807, 2.05) is 0 Å². The molecule has 2 N–H and O–H groups in total. The molecule has 0 bridgehead atoms. The molecule has 0 saturated carbocycles. The van der Waals surface area contributed by atoms with Crippen molar-refractivity contribution in [2.45, 2.75) is 17.2 Å². The van der Waals surface area contributed by atoms with Crippen LogP contribution in [0, 0.1) is 10.1 Å². The zero-order valence-electron chi connectivity index (χ0n) is 14.8. The number of rotatable bonds is 4. The molecule has 0 amide bonds. The molecule has 12 heteroatoms. The molecule has 29 heavy (non-hydrogen) atoms. The van der Waals surface area contributed by atoms with Crippen molar-refractivity contribution in [3.05, 3.63) is 63.7 Å². The number of anilines is 1. The van der Waals surface area contributed by atoms with Gasteiger partial charge in [0, 0.05) is 25.2 Å². The number of alkyl halides is 3. The van der Waals surface area contributed by atoms with Crippen LogP contribution in [0.25, 0.3) is 0 Å². The molecule has 8 nitrogen and oxygen atoms in total. The number of primary sulfonamides is 1. The van der Waals surface area contributed by atoms with Gasteiger partial charge in [-0.15, -0.1) is 0 Å². The average molecular weight is 431 g/mol. The first kappa shape index (κ1) is 21.0. The van der Waals surface area contributed by atoms with Crippen molar-refractivity contribution >= 4 is 21.4 Å². The van der Waals surface area contributed by atoms with E-state index in [0.29, 0.717) is 0 Å². The lowest BCUT2D eigenvalue weighted by atomic mass is 10.0. The summed E-state index contributed by atoms with van der Waals surface area (Å²) in [5, 5.41) is 16.3. The first-order chi connectivity index (χ1) is 13.5. The Morgan fingerprint density at radius 3 is 2.52 bits per heavy atom. The fraction of sp³-hybridized carbons (Fsp3) is 0.294. The molecule has 0 radical (unpaired) electrons. The van der Waals surface area contributed by atoms with Crippen LogP contribution in [0.1, 0.15) is 17.2 Å². The molecule has 1 heterocycles. The minimum absolute atomic E-state index is 0.0103. The molecule has 2 aromatic rings. The zero-order chi connectivity index (χ0) is 21.4. The molecule has 3 rings (SSSR count). The van der Waals surface area contributed by atoms with E-state index >= 15 is 0 Å². The van der Waals surface area contributed by atoms with Gasteiger partial charge in [-0.25, -0.2) is 13.6 Å². The van der Waals surface area contributed by atoms with Gasteiger partial charge in [-0.1, -0.05) is 18.2 Å². The number of nitrogens with two attached hydrogens (primary N) is 1. The second-order valence-electron chi connectivity index (χ2n) is 6.34.